The summed E-state index contributed by atoms with van der Waals surface area (Å²) in [7, 11) is 2.01. The van der Waals surface area contributed by atoms with Crippen molar-refractivity contribution in [2.24, 2.45) is 12.8 Å². The van der Waals surface area contributed by atoms with Gasteiger partial charge in [0.05, 0.1) is 11.7 Å². The third kappa shape index (κ3) is 3.54. The maximum Gasteiger partial charge on any atom is 0.254 e. The number of likely N-dealkylation sites (tertiary alicyclic amines) is 1. The topological polar surface area (TPSA) is 84.7 Å². The van der Waals surface area contributed by atoms with Crippen molar-refractivity contribution in [3.8, 4) is 0 Å². The van der Waals surface area contributed by atoms with Crippen molar-refractivity contribution < 1.29 is 4.79 Å². The lowest BCUT2D eigenvalue weighted by Gasteiger charge is -2.34. The van der Waals surface area contributed by atoms with E-state index in [4.69, 9.17) is 15.8 Å². The Kier molecular flexibility index (Phi) is 4.83. The molecule has 2 atom stereocenters. The molecule has 0 saturated carbocycles. The average molecular weight is 444 g/mol. The summed E-state index contributed by atoms with van der Waals surface area (Å²) < 4.78 is 3.88. The highest BCUT2D eigenvalue weighted by Gasteiger charge is 2.31. The van der Waals surface area contributed by atoms with Gasteiger partial charge in [-0.1, -0.05) is 6.07 Å². The minimum atomic E-state index is -0.0410. The van der Waals surface area contributed by atoms with Crippen LogP contribution in [0.1, 0.15) is 47.8 Å². The van der Waals surface area contributed by atoms with Gasteiger partial charge in [-0.15, -0.1) is 0 Å². The molecule has 4 aromatic rings. The molecule has 0 radical (unpaired) electrons. The van der Waals surface area contributed by atoms with Gasteiger partial charge < -0.3 is 20.1 Å². The number of piperidine rings is 1. The van der Waals surface area contributed by atoms with Gasteiger partial charge in [-0.25, -0.2) is 9.50 Å². The van der Waals surface area contributed by atoms with Crippen molar-refractivity contribution in [1.29, 1.82) is 0 Å². The van der Waals surface area contributed by atoms with Crippen molar-refractivity contribution in [2.75, 3.05) is 24.5 Å². The van der Waals surface area contributed by atoms with Crippen LogP contribution in [0.3, 0.4) is 0 Å². The van der Waals surface area contributed by atoms with Crippen LogP contribution in [0.25, 0.3) is 16.6 Å². The lowest BCUT2D eigenvalue weighted by Crippen LogP contribution is -2.38. The van der Waals surface area contributed by atoms with Crippen LogP contribution in [0.15, 0.2) is 48.8 Å². The number of aryl methyl sites for hydroxylation is 1. The maximum atomic E-state index is 13.6. The van der Waals surface area contributed by atoms with E-state index >= 15 is 0 Å². The number of hydrogen-bond acceptors (Lipinski definition) is 5. The van der Waals surface area contributed by atoms with E-state index in [0.717, 1.165) is 78.9 Å². The summed E-state index contributed by atoms with van der Waals surface area (Å²) in [6, 6.07) is 12.2. The van der Waals surface area contributed by atoms with E-state index in [1.807, 2.05) is 59.2 Å². The minimum Gasteiger partial charge on any atom is -0.355 e. The summed E-state index contributed by atoms with van der Waals surface area (Å²) >= 11 is 0. The maximum absolute atomic E-state index is 13.6. The lowest BCUT2D eigenvalue weighted by molar-refractivity contribution is 0.0606. The van der Waals surface area contributed by atoms with E-state index in [9.17, 15) is 4.79 Å². The number of anilines is 1. The summed E-state index contributed by atoms with van der Waals surface area (Å²) in [5.41, 5.74) is 9.59. The second-order valence-corrected chi connectivity index (χ2v) is 9.36. The van der Waals surface area contributed by atoms with Crippen LogP contribution in [0, 0.1) is 0 Å². The minimum absolute atomic E-state index is 0.0410. The molecule has 8 nitrogen and oxygen atoms in total. The Balaban J connectivity index is 1.31. The molecule has 5 heterocycles. The average Bonchev–Trinajstić information content (AvgIpc) is 3.56. The Labute approximate surface area is 192 Å². The first-order valence-corrected chi connectivity index (χ1v) is 11.8. The molecule has 33 heavy (non-hydrogen) atoms. The molecular formula is C25H29N7O. The quantitative estimate of drug-likeness (QED) is 0.526. The van der Waals surface area contributed by atoms with Crippen molar-refractivity contribution in [2.45, 2.75) is 37.8 Å². The zero-order valence-corrected chi connectivity index (χ0v) is 18.9. The number of fused-ring (bicyclic) bond motifs is 2. The van der Waals surface area contributed by atoms with Gasteiger partial charge in [-0.3, -0.25) is 4.79 Å². The molecule has 0 unspecified atom stereocenters. The fourth-order valence-electron chi connectivity index (χ4n) is 5.27. The normalized spacial score (nSPS) is 21.4. The Hall–Kier alpha value is -3.39. The second kappa shape index (κ2) is 7.88. The third-order valence-corrected chi connectivity index (χ3v) is 7.12. The van der Waals surface area contributed by atoms with Crippen molar-refractivity contribution in [3.05, 3.63) is 60.0 Å². The number of benzene rings is 1. The summed E-state index contributed by atoms with van der Waals surface area (Å²) in [5.74, 6) is 1.01. The number of carbonyl (C=O) groups excluding carboxylic acids is 1. The highest BCUT2D eigenvalue weighted by molar-refractivity contribution is 5.98. The first-order chi connectivity index (χ1) is 16.1. The van der Waals surface area contributed by atoms with Crippen LogP contribution in [0.4, 0.5) is 5.82 Å². The predicted octanol–water partition coefficient (Wildman–Crippen LogP) is 3.13. The summed E-state index contributed by atoms with van der Waals surface area (Å²) in [6.07, 6.45) is 7.99. The van der Waals surface area contributed by atoms with Crippen molar-refractivity contribution >= 4 is 28.3 Å². The van der Waals surface area contributed by atoms with Gasteiger partial charge in [0, 0.05) is 62.3 Å². The SMILES string of the molecule is Cn1ccc2ccc(C(=O)N3CCCC[C@H]3c3cc4nc(N5CC[C@H](N)C5)ccn4n3)cc21. The van der Waals surface area contributed by atoms with E-state index < -0.39 is 0 Å². The summed E-state index contributed by atoms with van der Waals surface area (Å²) in [6.45, 7) is 2.51. The molecule has 1 aromatic carbocycles. The predicted molar refractivity (Wildman–Crippen MR) is 128 cm³/mol. The molecule has 170 valence electrons. The molecule has 2 fully saturated rings. The number of amides is 1. The molecule has 0 spiro atoms. The molecule has 6 rings (SSSR count). The van der Waals surface area contributed by atoms with Crippen molar-refractivity contribution in [3.63, 3.8) is 0 Å². The second-order valence-electron chi connectivity index (χ2n) is 9.36. The number of nitrogens with zero attached hydrogens (tertiary/aromatic N) is 6. The van der Waals surface area contributed by atoms with E-state index in [2.05, 4.69) is 15.5 Å². The number of hydrogen-bond donors (Lipinski definition) is 1. The lowest BCUT2D eigenvalue weighted by atomic mass is 9.98. The van der Waals surface area contributed by atoms with Gasteiger partial charge in [0.25, 0.3) is 5.91 Å². The van der Waals surface area contributed by atoms with Gasteiger partial charge in [-0.2, -0.15) is 5.10 Å². The number of aromatic nitrogens is 4. The van der Waals surface area contributed by atoms with Crippen LogP contribution < -0.4 is 10.6 Å². The van der Waals surface area contributed by atoms with Gasteiger partial charge in [0.15, 0.2) is 5.65 Å². The zero-order chi connectivity index (χ0) is 22.5. The number of rotatable bonds is 3. The number of carbonyl (C=O) groups is 1. The first kappa shape index (κ1) is 20.2. The molecule has 8 heteroatoms. The standard InChI is InChI=1S/C25H29N7O/c1-29-11-7-17-5-6-18(14-22(17)29)25(33)31-10-3-2-4-21(31)20-15-24-27-23(9-13-32(24)28-20)30-12-8-19(26)16-30/h5-7,9,11,13-15,19,21H,2-4,8,10,12,16,26H2,1H3/t19-,21-/m0/s1. The van der Waals surface area contributed by atoms with Crippen LogP contribution in [0.2, 0.25) is 0 Å². The highest BCUT2D eigenvalue weighted by Crippen LogP contribution is 2.32. The van der Waals surface area contributed by atoms with Crippen molar-refractivity contribution in [1.82, 2.24) is 24.1 Å². The largest absolute Gasteiger partial charge is 0.355 e. The van der Waals surface area contributed by atoms with Crippen LogP contribution in [-0.2, 0) is 7.05 Å². The Morgan fingerprint density at radius 1 is 1.06 bits per heavy atom. The fourth-order valence-corrected chi connectivity index (χ4v) is 5.27. The molecule has 2 saturated heterocycles. The van der Waals surface area contributed by atoms with Gasteiger partial charge in [0.1, 0.15) is 5.82 Å². The first-order valence-electron chi connectivity index (χ1n) is 11.8. The molecule has 2 aliphatic rings. The molecule has 1 amide bonds. The van der Waals surface area contributed by atoms with E-state index in [1.165, 1.54) is 0 Å². The molecule has 0 aliphatic carbocycles. The summed E-state index contributed by atoms with van der Waals surface area (Å²) in [4.78, 5) is 22.6. The Morgan fingerprint density at radius 3 is 2.82 bits per heavy atom. The van der Waals surface area contributed by atoms with Gasteiger partial charge >= 0.3 is 0 Å². The van der Waals surface area contributed by atoms with Gasteiger partial charge in [-0.05, 0) is 55.3 Å². The zero-order valence-electron chi connectivity index (χ0n) is 18.9. The van der Waals surface area contributed by atoms with Crippen LogP contribution in [0.5, 0.6) is 0 Å². The fraction of sp³-hybridized carbons (Fsp3) is 0.400. The smallest absolute Gasteiger partial charge is 0.254 e. The molecule has 0 bridgehead atoms. The molecule has 3 aromatic heterocycles. The molecular weight excluding hydrogens is 414 g/mol. The summed E-state index contributed by atoms with van der Waals surface area (Å²) in [5, 5.41) is 5.96. The van der Waals surface area contributed by atoms with E-state index in [1.54, 1.807) is 0 Å². The Morgan fingerprint density at radius 2 is 1.97 bits per heavy atom. The molecule has 2 aliphatic heterocycles. The van der Waals surface area contributed by atoms with Crippen LogP contribution >= 0.6 is 0 Å². The van der Waals surface area contributed by atoms with E-state index in [0.29, 0.717) is 0 Å². The monoisotopic (exact) mass is 443 g/mol. The van der Waals surface area contributed by atoms with Gasteiger partial charge in [0.2, 0.25) is 0 Å². The van der Waals surface area contributed by atoms with Crippen LogP contribution in [-0.4, -0.2) is 55.6 Å². The highest BCUT2D eigenvalue weighted by atomic mass is 16.2. The molecule has 2 N–H and O–H groups in total. The third-order valence-electron chi connectivity index (χ3n) is 7.12. The Bertz CT molecular complexity index is 1340. The number of nitrogens with two attached hydrogens (primary N) is 1. The van der Waals surface area contributed by atoms with E-state index in [-0.39, 0.29) is 18.0 Å².